The highest BCUT2D eigenvalue weighted by molar-refractivity contribution is 5.92. The first-order valence-corrected chi connectivity index (χ1v) is 9.28. The molecule has 3 amide bonds. The largest absolute Gasteiger partial charge is 0.412 e. The number of rotatable bonds is 5. The number of carbonyl (C=O) groups is 3. The van der Waals surface area contributed by atoms with Gasteiger partial charge in [0, 0.05) is 24.5 Å². The third-order valence-electron chi connectivity index (χ3n) is 4.17. The van der Waals surface area contributed by atoms with E-state index in [2.05, 4.69) is 35.5 Å². The number of amides is 3. The molecule has 4 N–H and O–H groups in total. The maximum absolute atomic E-state index is 11.9. The van der Waals surface area contributed by atoms with Crippen LogP contribution in [0.15, 0.2) is 47.4 Å². The van der Waals surface area contributed by atoms with Crippen molar-refractivity contribution in [2.75, 3.05) is 11.9 Å². The summed E-state index contributed by atoms with van der Waals surface area (Å²) in [5.74, 6) is -1.45. The fourth-order valence-corrected chi connectivity index (χ4v) is 2.89. The quantitative estimate of drug-likeness (QED) is 0.310. The fraction of sp³-hybridized carbons (Fsp3) is 0.105. The van der Waals surface area contributed by atoms with Gasteiger partial charge in [0.1, 0.15) is 5.65 Å². The lowest BCUT2D eigenvalue weighted by Gasteiger charge is -2.06. The van der Waals surface area contributed by atoms with E-state index in [4.69, 9.17) is 10.3 Å². The van der Waals surface area contributed by atoms with Crippen molar-refractivity contribution in [3.63, 3.8) is 0 Å². The number of esters is 1. The number of nitrogens with zero attached hydrogens (tertiary/aromatic N) is 5. The molecule has 4 rings (SSSR count). The first kappa shape index (κ1) is 20.5. The lowest BCUT2D eigenvalue weighted by Crippen LogP contribution is -2.28. The second-order valence-corrected chi connectivity index (χ2v) is 6.34. The van der Waals surface area contributed by atoms with Crippen molar-refractivity contribution >= 4 is 29.6 Å². The summed E-state index contributed by atoms with van der Waals surface area (Å²) in [6.07, 6.45) is 3.57. The van der Waals surface area contributed by atoms with Gasteiger partial charge in [0.2, 0.25) is 5.82 Å². The molecule has 13 nitrogen and oxygen atoms in total. The average molecular weight is 436 g/mol. The molecule has 13 heteroatoms. The molecule has 0 saturated carbocycles. The molecule has 0 atom stereocenters. The first-order valence-electron chi connectivity index (χ1n) is 9.28. The van der Waals surface area contributed by atoms with Crippen molar-refractivity contribution in [2.45, 2.75) is 6.92 Å². The number of carbonyl (C=O) groups excluding carboxylic acids is 3. The van der Waals surface area contributed by atoms with Gasteiger partial charge < -0.3 is 20.3 Å². The Morgan fingerprint density at radius 2 is 2.06 bits per heavy atom. The molecule has 0 spiro atoms. The van der Waals surface area contributed by atoms with Crippen LogP contribution in [-0.4, -0.2) is 49.1 Å². The molecular weight excluding hydrogens is 420 g/mol. The Labute approximate surface area is 179 Å². The van der Waals surface area contributed by atoms with Gasteiger partial charge in [-0.25, -0.2) is 19.4 Å². The van der Waals surface area contributed by atoms with E-state index in [0.717, 1.165) is 11.1 Å². The van der Waals surface area contributed by atoms with Crippen LogP contribution < -0.4 is 16.4 Å². The summed E-state index contributed by atoms with van der Waals surface area (Å²) in [6.45, 7) is 2.24. The molecule has 0 unspecified atom stereocenters. The monoisotopic (exact) mass is 436 g/mol. The third-order valence-corrected chi connectivity index (χ3v) is 4.17. The van der Waals surface area contributed by atoms with E-state index in [1.54, 1.807) is 48.1 Å². The fourth-order valence-electron chi connectivity index (χ4n) is 2.89. The number of pyridine rings is 2. The predicted molar refractivity (Wildman–Crippen MR) is 109 cm³/mol. The van der Waals surface area contributed by atoms with Crippen LogP contribution in [0.25, 0.3) is 28.3 Å². The van der Waals surface area contributed by atoms with Gasteiger partial charge in [0.25, 0.3) is 0 Å². The zero-order chi connectivity index (χ0) is 22.7. The Kier molecular flexibility index (Phi) is 5.44. The van der Waals surface area contributed by atoms with E-state index >= 15 is 0 Å². The molecule has 0 aromatic carbocycles. The van der Waals surface area contributed by atoms with Crippen molar-refractivity contribution in [2.24, 2.45) is 5.73 Å². The average Bonchev–Trinajstić information content (AvgIpc) is 3.40. The van der Waals surface area contributed by atoms with Crippen molar-refractivity contribution in [1.82, 2.24) is 29.8 Å². The maximum atomic E-state index is 11.9. The van der Waals surface area contributed by atoms with E-state index in [1.165, 1.54) is 0 Å². The SMILES string of the molecule is CCNC(=O)Nc1cn2c(-c3noc(C(=O)OC(N)=O)n3)cc(-c3cccnc3)cc2n1. The van der Waals surface area contributed by atoms with Gasteiger partial charge >= 0.3 is 24.0 Å². The minimum absolute atomic E-state index is 0.0131. The normalized spacial score (nSPS) is 10.7. The molecule has 0 aliphatic carbocycles. The smallest absolute Gasteiger partial charge is 0.369 e. The molecule has 0 aliphatic rings. The van der Waals surface area contributed by atoms with E-state index in [-0.39, 0.29) is 11.6 Å². The van der Waals surface area contributed by atoms with Crippen LogP contribution in [0, 0.1) is 0 Å². The summed E-state index contributed by atoms with van der Waals surface area (Å²) in [4.78, 5) is 47.1. The summed E-state index contributed by atoms with van der Waals surface area (Å²) in [7, 11) is 0. The Morgan fingerprint density at radius 1 is 1.22 bits per heavy atom. The molecule has 0 saturated heterocycles. The molecular formula is C19H16N8O5. The van der Waals surface area contributed by atoms with Gasteiger partial charge in [-0.1, -0.05) is 11.2 Å². The van der Waals surface area contributed by atoms with Gasteiger partial charge in [-0.15, -0.1) is 0 Å². The van der Waals surface area contributed by atoms with Gasteiger partial charge in [-0.2, -0.15) is 4.98 Å². The van der Waals surface area contributed by atoms with Crippen molar-refractivity contribution < 1.29 is 23.6 Å². The molecule has 0 bridgehead atoms. The van der Waals surface area contributed by atoms with E-state index in [1.807, 2.05) is 6.07 Å². The lowest BCUT2D eigenvalue weighted by molar-refractivity contribution is 0.0586. The topological polar surface area (TPSA) is 180 Å². The van der Waals surface area contributed by atoms with Crippen LogP contribution in [0.3, 0.4) is 0 Å². The summed E-state index contributed by atoms with van der Waals surface area (Å²) in [5, 5.41) is 9.04. The minimum atomic E-state index is -1.30. The standard InChI is InChI=1S/C19H16N8O5/c1-2-22-19(30)24-13-9-27-12(15-25-16(32-26-15)17(28)31-18(20)29)6-11(7-14(27)23-13)10-4-3-5-21-8-10/h3-9H,2H2,1H3,(H2,20,29)(H2,22,24,30). The minimum Gasteiger partial charge on any atom is -0.369 e. The Morgan fingerprint density at radius 3 is 2.78 bits per heavy atom. The number of imidazole rings is 1. The maximum Gasteiger partial charge on any atom is 0.412 e. The van der Waals surface area contributed by atoms with Crippen LogP contribution in [0.1, 0.15) is 17.6 Å². The second kappa shape index (κ2) is 8.51. The van der Waals surface area contributed by atoms with Crippen LogP contribution in [0.4, 0.5) is 15.4 Å². The van der Waals surface area contributed by atoms with E-state index < -0.39 is 24.0 Å². The van der Waals surface area contributed by atoms with E-state index in [0.29, 0.717) is 17.9 Å². The zero-order valence-electron chi connectivity index (χ0n) is 16.6. The number of aromatic nitrogens is 5. The molecule has 4 heterocycles. The molecule has 32 heavy (non-hydrogen) atoms. The molecule has 4 aromatic rings. The number of hydrogen-bond donors (Lipinski definition) is 3. The molecule has 162 valence electrons. The van der Waals surface area contributed by atoms with Crippen molar-refractivity contribution in [3.8, 4) is 22.6 Å². The van der Waals surface area contributed by atoms with E-state index in [9.17, 15) is 14.4 Å². The predicted octanol–water partition coefficient (Wildman–Crippen LogP) is 1.82. The highest BCUT2D eigenvalue weighted by atomic mass is 16.6. The molecule has 0 fully saturated rings. The number of nitrogens with two attached hydrogens (primary N) is 1. The third kappa shape index (κ3) is 4.21. The first-order chi connectivity index (χ1) is 15.4. The van der Waals surface area contributed by atoms with Gasteiger partial charge in [0.15, 0.2) is 5.82 Å². The Hall–Kier alpha value is -4.81. The zero-order valence-corrected chi connectivity index (χ0v) is 16.6. The Balaban J connectivity index is 1.81. The number of hydrogen-bond acceptors (Lipinski definition) is 9. The number of ether oxygens (including phenoxy) is 1. The van der Waals surface area contributed by atoms with Gasteiger partial charge in [-0.05, 0) is 30.7 Å². The Bertz CT molecular complexity index is 1310. The number of anilines is 1. The lowest BCUT2D eigenvalue weighted by atomic mass is 10.1. The van der Waals surface area contributed by atoms with Crippen LogP contribution >= 0.6 is 0 Å². The van der Waals surface area contributed by atoms with Crippen molar-refractivity contribution in [3.05, 3.63) is 48.7 Å². The molecule has 0 radical (unpaired) electrons. The molecule has 0 aliphatic heterocycles. The summed E-state index contributed by atoms with van der Waals surface area (Å²) in [5.41, 5.74) is 7.20. The number of urea groups is 1. The second-order valence-electron chi connectivity index (χ2n) is 6.34. The summed E-state index contributed by atoms with van der Waals surface area (Å²) >= 11 is 0. The highest BCUT2D eigenvalue weighted by Crippen LogP contribution is 2.28. The van der Waals surface area contributed by atoms with Crippen LogP contribution in [0.5, 0.6) is 0 Å². The summed E-state index contributed by atoms with van der Waals surface area (Å²) < 4.78 is 10.8. The van der Waals surface area contributed by atoms with Gasteiger partial charge in [0.05, 0.1) is 11.9 Å². The number of nitrogens with one attached hydrogen (secondary N) is 2. The van der Waals surface area contributed by atoms with Crippen molar-refractivity contribution in [1.29, 1.82) is 0 Å². The highest BCUT2D eigenvalue weighted by Gasteiger charge is 2.22. The van der Waals surface area contributed by atoms with Crippen LogP contribution in [0.2, 0.25) is 0 Å². The number of fused-ring (bicyclic) bond motifs is 1. The molecule has 4 aromatic heterocycles. The number of primary amides is 1. The van der Waals surface area contributed by atoms with Gasteiger partial charge in [-0.3, -0.25) is 14.7 Å². The summed E-state index contributed by atoms with van der Waals surface area (Å²) in [6, 6.07) is 6.73. The van der Waals surface area contributed by atoms with Crippen LogP contribution in [-0.2, 0) is 4.74 Å².